The van der Waals surface area contributed by atoms with Crippen molar-refractivity contribution in [2.24, 2.45) is 0 Å². The lowest BCUT2D eigenvalue weighted by Crippen LogP contribution is -2.60. The molecular formula is C50H95NO10. The van der Waals surface area contributed by atoms with E-state index in [2.05, 4.69) is 37.4 Å². The van der Waals surface area contributed by atoms with E-state index in [9.17, 15) is 40.5 Å². The normalized spacial score (nSPS) is 21.6. The van der Waals surface area contributed by atoms with E-state index in [0.29, 0.717) is 12.8 Å². The molecule has 0 saturated carbocycles. The summed E-state index contributed by atoms with van der Waals surface area (Å²) in [4.78, 5) is 13.0. The number of amides is 1. The third-order valence-corrected chi connectivity index (χ3v) is 12.2. The molecule has 8 N–H and O–H groups in total. The lowest BCUT2D eigenvalue weighted by molar-refractivity contribution is -0.303. The summed E-state index contributed by atoms with van der Waals surface area (Å²) in [5, 5.41) is 75.2. The van der Waals surface area contributed by atoms with Crippen LogP contribution in [0.3, 0.4) is 0 Å². The Morgan fingerprint density at radius 1 is 0.557 bits per heavy atom. The van der Waals surface area contributed by atoms with Gasteiger partial charge in [0.25, 0.3) is 0 Å². The van der Waals surface area contributed by atoms with Crippen LogP contribution < -0.4 is 5.32 Å². The number of unbranched alkanes of at least 4 members (excludes halogenated alkanes) is 26. The second-order valence-electron chi connectivity index (χ2n) is 17.9. The highest BCUT2D eigenvalue weighted by atomic mass is 16.7. The predicted molar refractivity (Wildman–Crippen MR) is 247 cm³/mol. The van der Waals surface area contributed by atoms with Crippen molar-refractivity contribution in [3.63, 3.8) is 0 Å². The largest absolute Gasteiger partial charge is 0.394 e. The predicted octanol–water partition coefficient (Wildman–Crippen LogP) is 9.01. The molecule has 61 heavy (non-hydrogen) atoms. The summed E-state index contributed by atoms with van der Waals surface area (Å²) >= 11 is 0. The molecule has 1 aliphatic heterocycles. The van der Waals surface area contributed by atoms with E-state index >= 15 is 0 Å². The number of aliphatic hydroxyl groups excluding tert-OH is 7. The lowest BCUT2D eigenvalue weighted by atomic mass is 9.98. The Kier molecular flexibility index (Phi) is 37.9. The van der Waals surface area contributed by atoms with E-state index < -0.39 is 74.2 Å². The molecule has 9 unspecified atom stereocenters. The summed E-state index contributed by atoms with van der Waals surface area (Å²) in [6.45, 7) is 3.30. The van der Waals surface area contributed by atoms with E-state index in [1.54, 1.807) is 0 Å². The third kappa shape index (κ3) is 29.6. The second kappa shape index (κ2) is 40.1. The molecule has 0 spiro atoms. The summed E-state index contributed by atoms with van der Waals surface area (Å²) in [6.07, 6.45) is 34.5. The maximum Gasteiger partial charge on any atom is 0.249 e. The van der Waals surface area contributed by atoms with E-state index in [0.717, 1.165) is 38.5 Å². The molecule has 1 amide bonds. The molecule has 1 aliphatic rings. The first-order chi connectivity index (χ1) is 29.7. The molecule has 11 heteroatoms. The van der Waals surface area contributed by atoms with Gasteiger partial charge in [-0.15, -0.1) is 0 Å². The molecule has 1 heterocycles. The maximum absolute atomic E-state index is 13.0. The van der Waals surface area contributed by atoms with Crippen LogP contribution in [-0.4, -0.2) is 110 Å². The number of carbonyl (C=O) groups is 1. The fourth-order valence-electron chi connectivity index (χ4n) is 8.03. The first-order valence-electron chi connectivity index (χ1n) is 25.2. The number of carbonyl (C=O) groups excluding carboxylic acids is 1. The first-order valence-corrected chi connectivity index (χ1v) is 25.2. The monoisotopic (exact) mass is 870 g/mol. The molecule has 11 nitrogen and oxygen atoms in total. The van der Waals surface area contributed by atoms with Gasteiger partial charge in [-0.25, -0.2) is 0 Å². The molecule has 0 radical (unpaired) electrons. The molecule has 1 fully saturated rings. The Labute approximate surface area is 372 Å². The van der Waals surface area contributed by atoms with Gasteiger partial charge in [0.1, 0.15) is 36.6 Å². The van der Waals surface area contributed by atoms with Gasteiger partial charge < -0.3 is 50.5 Å². The van der Waals surface area contributed by atoms with Gasteiger partial charge in [0.05, 0.1) is 25.4 Å². The van der Waals surface area contributed by atoms with Gasteiger partial charge in [-0.3, -0.25) is 4.79 Å². The molecule has 0 aliphatic carbocycles. The van der Waals surface area contributed by atoms with Crippen LogP contribution in [-0.2, 0) is 14.3 Å². The number of rotatable bonds is 42. The zero-order chi connectivity index (χ0) is 44.8. The minimum Gasteiger partial charge on any atom is -0.394 e. The van der Waals surface area contributed by atoms with Crippen LogP contribution in [0.2, 0.25) is 0 Å². The van der Waals surface area contributed by atoms with Crippen LogP contribution in [0.15, 0.2) is 24.3 Å². The Hall–Kier alpha value is -1.41. The third-order valence-electron chi connectivity index (χ3n) is 12.2. The first kappa shape index (κ1) is 57.6. The number of aliphatic hydroxyl groups is 7. The molecule has 9 atom stereocenters. The van der Waals surface area contributed by atoms with Gasteiger partial charge in [0, 0.05) is 0 Å². The topological polar surface area (TPSA) is 189 Å². The summed E-state index contributed by atoms with van der Waals surface area (Å²) in [7, 11) is 0. The Bertz CT molecular complexity index is 1040. The molecule has 360 valence electrons. The summed E-state index contributed by atoms with van der Waals surface area (Å²) in [6, 6.07) is -1.18. The van der Waals surface area contributed by atoms with Crippen molar-refractivity contribution in [3.05, 3.63) is 24.3 Å². The highest BCUT2D eigenvalue weighted by Crippen LogP contribution is 2.23. The Morgan fingerprint density at radius 2 is 1.00 bits per heavy atom. The van der Waals surface area contributed by atoms with Crippen molar-refractivity contribution in [2.45, 2.75) is 274 Å². The summed E-state index contributed by atoms with van der Waals surface area (Å²) < 4.78 is 11.0. The summed E-state index contributed by atoms with van der Waals surface area (Å²) in [5.74, 6) is -0.711. The van der Waals surface area contributed by atoms with Crippen molar-refractivity contribution in [1.29, 1.82) is 0 Å². The number of nitrogens with one attached hydrogen (secondary N) is 1. The quantitative estimate of drug-likeness (QED) is 0.0217. The minimum atomic E-state index is -1.66. The number of hydrogen-bond donors (Lipinski definition) is 8. The van der Waals surface area contributed by atoms with Gasteiger partial charge in [-0.1, -0.05) is 186 Å². The number of hydrogen-bond acceptors (Lipinski definition) is 10. The molecule has 0 aromatic rings. The number of ether oxygens (including phenoxy) is 2. The van der Waals surface area contributed by atoms with Crippen molar-refractivity contribution in [2.75, 3.05) is 13.2 Å². The zero-order valence-electron chi connectivity index (χ0n) is 38.9. The van der Waals surface area contributed by atoms with E-state index in [-0.39, 0.29) is 12.8 Å². The highest BCUT2D eigenvalue weighted by Gasteiger charge is 2.44. The van der Waals surface area contributed by atoms with Gasteiger partial charge in [-0.2, -0.15) is 0 Å². The molecule has 0 aromatic heterocycles. The van der Waals surface area contributed by atoms with E-state index in [1.165, 1.54) is 141 Å². The highest BCUT2D eigenvalue weighted by molar-refractivity contribution is 5.80. The smallest absolute Gasteiger partial charge is 0.249 e. The maximum atomic E-state index is 13.0. The van der Waals surface area contributed by atoms with E-state index in [1.807, 2.05) is 6.08 Å². The Balaban J connectivity index is 2.19. The van der Waals surface area contributed by atoms with Crippen LogP contribution >= 0.6 is 0 Å². The fraction of sp³-hybridized carbons (Fsp3) is 0.900. The van der Waals surface area contributed by atoms with Crippen LogP contribution in [0.4, 0.5) is 0 Å². The molecule has 1 saturated heterocycles. The second-order valence-corrected chi connectivity index (χ2v) is 17.9. The van der Waals surface area contributed by atoms with Crippen molar-refractivity contribution in [1.82, 2.24) is 5.32 Å². The van der Waals surface area contributed by atoms with Gasteiger partial charge in [0.2, 0.25) is 5.91 Å². The van der Waals surface area contributed by atoms with Crippen molar-refractivity contribution >= 4 is 5.91 Å². The van der Waals surface area contributed by atoms with Crippen LogP contribution in [0.25, 0.3) is 0 Å². The standard InChI is InChI=1S/C50H95NO10/c1-3-5-7-9-11-12-13-14-15-16-17-18-19-20-21-22-23-24-25-26-27-28-29-30-31-32-34-36-38-43(54)49(59)51-41(45(55)42(53)37-35-33-10-8-6-4-2)40-60-50-48(58)47(57)46(56)44(39-52)61-50/h8,10,20-21,41-48,50,52-58H,3-7,9,11-19,22-40H2,1-2H3,(H,51,59)/b10-8+,21-20-. The molecular weight excluding hydrogens is 775 g/mol. The zero-order valence-corrected chi connectivity index (χ0v) is 38.9. The SMILES string of the molecule is CCC/C=C/CCCC(O)C(O)C(COC1OC(CO)C(O)C(O)C1O)NC(=O)C(O)CCCCCCCCCCCCCC/C=C\CCCCCCCCCCCCCC. The molecule has 0 aromatic carbocycles. The average Bonchev–Trinajstić information content (AvgIpc) is 3.26. The molecule has 0 bridgehead atoms. The van der Waals surface area contributed by atoms with E-state index in [4.69, 9.17) is 9.47 Å². The van der Waals surface area contributed by atoms with Gasteiger partial charge in [0.15, 0.2) is 6.29 Å². The van der Waals surface area contributed by atoms with Crippen LogP contribution in [0.5, 0.6) is 0 Å². The van der Waals surface area contributed by atoms with Gasteiger partial charge >= 0.3 is 0 Å². The minimum absolute atomic E-state index is 0.254. The Morgan fingerprint density at radius 3 is 1.48 bits per heavy atom. The van der Waals surface area contributed by atoms with Crippen LogP contribution in [0, 0.1) is 0 Å². The fourth-order valence-corrected chi connectivity index (χ4v) is 8.03. The van der Waals surface area contributed by atoms with Crippen molar-refractivity contribution < 1.29 is 50.0 Å². The van der Waals surface area contributed by atoms with Crippen LogP contribution in [0.1, 0.15) is 219 Å². The molecule has 1 rings (SSSR count). The van der Waals surface area contributed by atoms with Gasteiger partial charge in [-0.05, 0) is 57.8 Å². The average molecular weight is 870 g/mol. The van der Waals surface area contributed by atoms with Crippen molar-refractivity contribution in [3.8, 4) is 0 Å². The lowest BCUT2D eigenvalue weighted by Gasteiger charge is -2.40. The summed E-state index contributed by atoms with van der Waals surface area (Å²) in [5.41, 5.74) is 0. The number of allylic oxidation sites excluding steroid dienone is 4.